The second-order valence-electron chi connectivity index (χ2n) is 3.65. The lowest BCUT2D eigenvalue weighted by molar-refractivity contribution is -0.385. The zero-order chi connectivity index (χ0) is 13.8. The molecule has 1 N–H and O–H groups in total. The van der Waals surface area contributed by atoms with E-state index in [1.165, 1.54) is 36.6 Å². The zero-order valence-electron chi connectivity index (χ0n) is 9.65. The van der Waals surface area contributed by atoms with Crippen molar-refractivity contribution in [1.82, 2.24) is 0 Å². The Labute approximate surface area is 107 Å². The molecule has 19 heavy (non-hydrogen) atoms. The lowest BCUT2D eigenvalue weighted by atomic mass is 10.0. The summed E-state index contributed by atoms with van der Waals surface area (Å²) in [6.07, 6.45) is 4.30. The van der Waals surface area contributed by atoms with Crippen LogP contribution < -0.4 is 0 Å². The first-order valence-electron chi connectivity index (χ1n) is 5.32. The molecular formula is C13H9NO5. The maximum absolute atomic E-state index is 11.1. The van der Waals surface area contributed by atoms with E-state index in [-0.39, 0.29) is 16.8 Å². The molecule has 0 radical (unpaired) electrons. The van der Waals surface area contributed by atoms with Crippen molar-refractivity contribution in [3.8, 4) is 0 Å². The van der Waals surface area contributed by atoms with Gasteiger partial charge in [-0.15, -0.1) is 0 Å². The summed E-state index contributed by atoms with van der Waals surface area (Å²) in [5.41, 5.74) is -0.351. The van der Waals surface area contributed by atoms with Crippen molar-refractivity contribution in [2.24, 2.45) is 0 Å². The van der Waals surface area contributed by atoms with Crippen molar-refractivity contribution in [3.05, 3.63) is 63.6 Å². The Kier molecular flexibility index (Phi) is 3.42. The Balaban J connectivity index is 2.52. The van der Waals surface area contributed by atoms with Gasteiger partial charge in [0.15, 0.2) is 0 Å². The molecule has 0 bridgehead atoms. The van der Waals surface area contributed by atoms with Crippen LogP contribution in [-0.4, -0.2) is 16.0 Å². The van der Waals surface area contributed by atoms with Gasteiger partial charge < -0.3 is 9.52 Å². The normalized spacial score (nSPS) is 10.7. The molecule has 0 aliphatic carbocycles. The average Bonchev–Trinajstić information content (AvgIpc) is 2.88. The van der Waals surface area contributed by atoms with E-state index in [2.05, 4.69) is 0 Å². The van der Waals surface area contributed by atoms with Gasteiger partial charge in [-0.2, -0.15) is 0 Å². The summed E-state index contributed by atoms with van der Waals surface area (Å²) in [6, 6.07) is 7.24. The van der Waals surface area contributed by atoms with Gasteiger partial charge in [-0.25, -0.2) is 4.79 Å². The summed E-state index contributed by atoms with van der Waals surface area (Å²) in [5.74, 6) is -0.739. The van der Waals surface area contributed by atoms with Crippen molar-refractivity contribution in [1.29, 1.82) is 0 Å². The molecule has 0 fully saturated rings. The molecule has 1 aromatic heterocycles. The predicted octanol–water partition coefficient (Wildman–Crippen LogP) is 3.06. The zero-order valence-corrected chi connectivity index (χ0v) is 9.65. The number of hydrogen-bond acceptors (Lipinski definition) is 4. The monoisotopic (exact) mass is 259 g/mol. The van der Waals surface area contributed by atoms with Crippen molar-refractivity contribution >= 4 is 23.8 Å². The molecule has 0 saturated heterocycles. The number of furan rings is 1. The lowest BCUT2D eigenvalue weighted by Gasteiger charge is -2.02. The lowest BCUT2D eigenvalue weighted by Crippen LogP contribution is -2.02. The number of hydrogen-bond donors (Lipinski definition) is 1. The maximum Gasteiger partial charge on any atom is 0.336 e. The van der Waals surface area contributed by atoms with E-state index in [1.807, 2.05) is 0 Å². The van der Waals surface area contributed by atoms with Crippen molar-refractivity contribution in [3.63, 3.8) is 0 Å². The molecule has 6 nitrogen and oxygen atoms in total. The summed E-state index contributed by atoms with van der Waals surface area (Å²) in [5, 5.41) is 20.0. The summed E-state index contributed by atoms with van der Waals surface area (Å²) < 4.78 is 5.05. The van der Waals surface area contributed by atoms with E-state index in [0.717, 1.165) is 0 Å². The molecule has 0 saturated carbocycles. The van der Waals surface area contributed by atoms with Crippen LogP contribution in [0.15, 0.2) is 41.0 Å². The highest BCUT2D eigenvalue weighted by molar-refractivity contribution is 5.95. The third-order valence-electron chi connectivity index (χ3n) is 2.47. The van der Waals surface area contributed by atoms with Gasteiger partial charge in [-0.05, 0) is 30.4 Å². The quantitative estimate of drug-likeness (QED) is 0.672. The van der Waals surface area contributed by atoms with E-state index >= 15 is 0 Å². The molecule has 0 atom stereocenters. The molecule has 0 unspecified atom stereocenters. The van der Waals surface area contributed by atoms with Gasteiger partial charge in [0, 0.05) is 6.07 Å². The third-order valence-corrected chi connectivity index (χ3v) is 2.47. The van der Waals surface area contributed by atoms with Crippen molar-refractivity contribution in [2.75, 3.05) is 0 Å². The van der Waals surface area contributed by atoms with Crippen molar-refractivity contribution < 1.29 is 19.2 Å². The highest BCUT2D eigenvalue weighted by atomic mass is 16.6. The number of nitro benzene ring substituents is 1. The number of carboxylic acids is 1. The smallest absolute Gasteiger partial charge is 0.336 e. The van der Waals surface area contributed by atoms with Gasteiger partial charge in [-0.3, -0.25) is 10.1 Å². The average molecular weight is 259 g/mol. The fraction of sp³-hybridized carbons (Fsp3) is 0. The molecule has 0 amide bonds. The minimum Gasteiger partial charge on any atom is -0.478 e. The summed E-state index contributed by atoms with van der Waals surface area (Å²) >= 11 is 0. The standard InChI is InChI=1S/C13H9NO5/c15-13(16)11-4-1-5-12(14(17)18)10(11)7-6-9-3-2-8-19-9/h1-8H,(H,15,16)/b7-6+. The van der Waals surface area contributed by atoms with Gasteiger partial charge in [0.2, 0.25) is 0 Å². The predicted molar refractivity (Wildman–Crippen MR) is 67.7 cm³/mol. The molecular weight excluding hydrogens is 250 g/mol. The third kappa shape index (κ3) is 2.68. The molecule has 1 aromatic carbocycles. The Hall–Kier alpha value is -2.89. The molecule has 0 spiro atoms. The summed E-state index contributed by atoms with van der Waals surface area (Å²) in [7, 11) is 0. The van der Waals surface area contributed by atoms with Gasteiger partial charge in [-0.1, -0.05) is 6.07 Å². The molecule has 2 rings (SSSR count). The number of rotatable bonds is 4. The molecule has 0 aliphatic rings. The van der Waals surface area contributed by atoms with E-state index in [1.54, 1.807) is 12.1 Å². The second kappa shape index (κ2) is 5.18. The SMILES string of the molecule is O=C(O)c1cccc([N+](=O)[O-])c1/C=C/c1ccco1. The van der Waals surface area contributed by atoms with Crippen LogP contribution in [0.2, 0.25) is 0 Å². The first-order chi connectivity index (χ1) is 9.09. The summed E-state index contributed by atoms with van der Waals surface area (Å²) in [4.78, 5) is 21.4. The van der Waals surface area contributed by atoms with Crippen LogP contribution in [0, 0.1) is 10.1 Å². The highest BCUT2D eigenvalue weighted by Gasteiger charge is 2.18. The summed E-state index contributed by atoms with van der Waals surface area (Å²) in [6.45, 7) is 0. The fourth-order valence-electron chi connectivity index (χ4n) is 1.63. The number of aromatic carboxylic acids is 1. The van der Waals surface area contributed by atoms with E-state index < -0.39 is 10.9 Å². The van der Waals surface area contributed by atoms with Crippen LogP contribution in [0.4, 0.5) is 5.69 Å². The Morgan fingerprint density at radius 2 is 2.05 bits per heavy atom. The van der Waals surface area contributed by atoms with Gasteiger partial charge in [0.25, 0.3) is 5.69 Å². The Bertz CT molecular complexity index is 611. The van der Waals surface area contributed by atoms with Crippen LogP contribution in [0.5, 0.6) is 0 Å². The Morgan fingerprint density at radius 3 is 2.63 bits per heavy atom. The first-order valence-corrected chi connectivity index (χ1v) is 5.32. The minimum absolute atomic E-state index is 0.0383. The number of benzene rings is 1. The molecule has 6 heteroatoms. The number of carbonyl (C=O) groups is 1. The largest absolute Gasteiger partial charge is 0.478 e. The van der Waals surface area contributed by atoms with E-state index in [9.17, 15) is 14.9 Å². The second-order valence-corrected chi connectivity index (χ2v) is 3.65. The molecule has 2 aromatic rings. The van der Waals surface area contributed by atoms with Crippen LogP contribution in [0.1, 0.15) is 21.7 Å². The van der Waals surface area contributed by atoms with Gasteiger partial charge in [0.05, 0.1) is 22.3 Å². The fourth-order valence-corrected chi connectivity index (χ4v) is 1.63. The van der Waals surface area contributed by atoms with Gasteiger partial charge >= 0.3 is 5.97 Å². The van der Waals surface area contributed by atoms with Crippen molar-refractivity contribution in [2.45, 2.75) is 0 Å². The van der Waals surface area contributed by atoms with E-state index in [4.69, 9.17) is 9.52 Å². The topological polar surface area (TPSA) is 93.6 Å². The molecule has 0 aliphatic heterocycles. The highest BCUT2D eigenvalue weighted by Crippen LogP contribution is 2.25. The van der Waals surface area contributed by atoms with E-state index in [0.29, 0.717) is 5.76 Å². The van der Waals surface area contributed by atoms with Gasteiger partial charge in [0.1, 0.15) is 5.76 Å². The van der Waals surface area contributed by atoms with Crippen LogP contribution in [-0.2, 0) is 0 Å². The number of carboxylic acid groups (broad SMARTS) is 1. The molecule has 96 valence electrons. The Morgan fingerprint density at radius 1 is 1.26 bits per heavy atom. The first kappa shape index (κ1) is 12.6. The minimum atomic E-state index is -1.22. The molecule has 1 heterocycles. The number of nitro groups is 1. The van der Waals surface area contributed by atoms with Crippen LogP contribution in [0.25, 0.3) is 12.2 Å². The van der Waals surface area contributed by atoms with Crippen LogP contribution >= 0.6 is 0 Å². The maximum atomic E-state index is 11.1. The van der Waals surface area contributed by atoms with Crippen LogP contribution in [0.3, 0.4) is 0 Å². The number of nitrogens with zero attached hydrogens (tertiary/aromatic N) is 1.